The molecule has 3 heterocycles. The molecule has 0 spiro atoms. The monoisotopic (exact) mass is 422 g/mol. The second kappa shape index (κ2) is 10.2. The summed E-state index contributed by atoms with van der Waals surface area (Å²) in [7, 11) is 0. The molecule has 0 aliphatic carbocycles. The van der Waals surface area contributed by atoms with Crippen LogP contribution in [0.3, 0.4) is 0 Å². The van der Waals surface area contributed by atoms with Gasteiger partial charge in [0.1, 0.15) is 11.8 Å². The number of rotatable bonds is 8. The van der Waals surface area contributed by atoms with Crippen molar-refractivity contribution in [3.8, 4) is 0 Å². The normalized spacial score (nSPS) is 21.0. The van der Waals surface area contributed by atoms with Gasteiger partial charge < -0.3 is 15.2 Å². The third kappa shape index (κ3) is 5.71. The van der Waals surface area contributed by atoms with Gasteiger partial charge in [-0.15, -0.1) is 5.10 Å². The smallest absolute Gasteiger partial charge is 0.271 e. The molecule has 2 aromatic heterocycles. The Hall–Kier alpha value is -3.17. The first kappa shape index (κ1) is 21.1. The molecule has 9 heteroatoms. The summed E-state index contributed by atoms with van der Waals surface area (Å²) in [5, 5.41) is 21.1. The van der Waals surface area contributed by atoms with Crippen LogP contribution < -0.4 is 5.32 Å². The fourth-order valence-electron chi connectivity index (χ4n) is 3.78. The van der Waals surface area contributed by atoms with Crippen LogP contribution in [0.4, 0.5) is 0 Å². The Bertz CT molecular complexity index is 966. The molecule has 31 heavy (non-hydrogen) atoms. The summed E-state index contributed by atoms with van der Waals surface area (Å²) in [4.78, 5) is 20.2. The molecule has 0 radical (unpaired) electrons. The lowest BCUT2D eigenvalue weighted by atomic mass is 9.97. The highest BCUT2D eigenvalue weighted by Crippen LogP contribution is 2.22. The Balaban J connectivity index is 1.26. The quantitative estimate of drug-likeness (QED) is 0.564. The van der Waals surface area contributed by atoms with Crippen molar-refractivity contribution in [1.29, 1.82) is 0 Å². The predicted octanol–water partition coefficient (Wildman–Crippen LogP) is 1.39. The highest BCUT2D eigenvalue weighted by atomic mass is 16.5. The molecule has 1 amide bonds. The van der Waals surface area contributed by atoms with Crippen molar-refractivity contribution in [3.05, 3.63) is 72.1 Å². The molecule has 3 aromatic rings. The van der Waals surface area contributed by atoms with E-state index in [1.807, 2.05) is 29.1 Å². The third-order valence-electron chi connectivity index (χ3n) is 5.40. The second-order valence-electron chi connectivity index (χ2n) is 7.65. The third-order valence-corrected chi connectivity index (χ3v) is 5.40. The average Bonchev–Trinajstić information content (AvgIpc) is 3.26. The van der Waals surface area contributed by atoms with E-state index in [2.05, 4.69) is 37.7 Å². The second-order valence-corrected chi connectivity index (χ2v) is 7.65. The molecule has 1 aliphatic rings. The number of carbonyl (C=O) groups excluding carboxylic acids is 1. The van der Waals surface area contributed by atoms with Crippen molar-refractivity contribution >= 4 is 5.91 Å². The molecule has 1 aromatic carbocycles. The van der Waals surface area contributed by atoms with Crippen LogP contribution in [0.5, 0.6) is 0 Å². The van der Waals surface area contributed by atoms with Gasteiger partial charge in [-0.2, -0.15) is 0 Å². The number of hydrogen-bond donors (Lipinski definition) is 2. The molecule has 3 atom stereocenters. The highest BCUT2D eigenvalue weighted by molar-refractivity contribution is 5.92. The van der Waals surface area contributed by atoms with Crippen molar-refractivity contribution in [2.24, 2.45) is 0 Å². The van der Waals surface area contributed by atoms with Crippen molar-refractivity contribution in [3.63, 3.8) is 0 Å². The Labute approximate surface area is 180 Å². The Morgan fingerprint density at radius 2 is 2.10 bits per heavy atom. The van der Waals surface area contributed by atoms with Gasteiger partial charge in [-0.1, -0.05) is 35.5 Å². The molecule has 162 valence electrons. The number of nitrogens with zero attached hydrogens (tertiary/aromatic N) is 5. The molecule has 0 bridgehead atoms. The number of aliphatic hydroxyl groups excluding tert-OH is 1. The lowest BCUT2D eigenvalue weighted by Gasteiger charge is -2.36. The van der Waals surface area contributed by atoms with Crippen LogP contribution in [-0.2, 0) is 17.7 Å². The lowest BCUT2D eigenvalue weighted by molar-refractivity contribution is -0.0912. The molecule has 2 N–H and O–H groups in total. The fraction of sp³-hybridized carbons (Fsp3) is 0.409. The van der Waals surface area contributed by atoms with E-state index in [1.54, 1.807) is 0 Å². The van der Waals surface area contributed by atoms with Crippen molar-refractivity contribution < 1.29 is 14.6 Å². The van der Waals surface area contributed by atoms with Crippen LogP contribution in [-0.4, -0.2) is 60.8 Å². The van der Waals surface area contributed by atoms with Crippen molar-refractivity contribution in [2.75, 3.05) is 6.61 Å². The average molecular weight is 422 g/mol. The molecule has 9 nitrogen and oxygen atoms in total. The lowest BCUT2D eigenvalue weighted by Crippen LogP contribution is -2.51. The maximum atomic E-state index is 12.3. The number of aliphatic hydroxyl groups is 1. The molecule has 0 unspecified atom stereocenters. The summed E-state index contributed by atoms with van der Waals surface area (Å²) in [5.41, 5.74) is 2.38. The molecule has 1 aliphatic heterocycles. The zero-order chi connectivity index (χ0) is 21.5. The summed E-state index contributed by atoms with van der Waals surface area (Å²) < 4.78 is 7.88. The molecule has 0 saturated carbocycles. The number of carbonyl (C=O) groups is 1. The zero-order valence-corrected chi connectivity index (χ0v) is 17.2. The summed E-state index contributed by atoms with van der Waals surface area (Å²) in [6, 6.07) is 9.91. The van der Waals surface area contributed by atoms with Crippen LogP contribution in [0.15, 0.2) is 55.1 Å². The highest BCUT2D eigenvalue weighted by Gasteiger charge is 2.32. The topological polar surface area (TPSA) is 115 Å². The summed E-state index contributed by atoms with van der Waals surface area (Å²) in [5.74, 6) is -0.313. The number of aromatic nitrogens is 5. The molecule has 4 rings (SSSR count). The fourth-order valence-corrected chi connectivity index (χ4v) is 3.78. The molecule has 1 fully saturated rings. The first-order valence-corrected chi connectivity index (χ1v) is 10.5. The summed E-state index contributed by atoms with van der Waals surface area (Å²) in [6.45, 7) is 0.522. The van der Waals surface area contributed by atoms with E-state index in [4.69, 9.17) is 4.74 Å². The van der Waals surface area contributed by atoms with Gasteiger partial charge in [-0.25, -0.2) is 4.98 Å². The maximum absolute atomic E-state index is 12.3. The number of nitrogens with one attached hydrogen (secondary N) is 1. The molecular formula is C22H26N6O3. The zero-order valence-electron chi connectivity index (χ0n) is 17.2. The Morgan fingerprint density at radius 1 is 1.23 bits per heavy atom. The van der Waals surface area contributed by atoms with Gasteiger partial charge in [0.2, 0.25) is 0 Å². The van der Waals surface area contributed by atoms with Gasteiger partial charge in [0.25, 0.3) is 5.91 Å². The van der Waals surface area contributed by atoms with E-state index < -0.39 is 6.10 Å². The minimum atomic E-state index is -0.455. The Kier molecular flexibility index (Phi) is 6.96. The predicted molar refractivity (Wildman–Crippen MR) is 112 cm³/mol. The van der Waals surface area contributed by atoms with Crippen LogP contribution >= 0.6 is 0 Å². The first-order chi connectivity index (χ1) is 15.2. The Morgan fingerprint density at radius 3 is 2.87 bits per heavy atom. The molecular weight excluding hydrogens is 396 g/mol. The van der Waals surface area contributed by atoms with E-state index in [1.165, 1.54) is 24.2 Å². The number of hydrogen-bond acceptors (Lipinski definition) is 7. The number of ether oxygens (including phenoxy) is 1. The van der Waals surface area contributed by atoms with E-state index in [0.717, 1.165) is 31.4 Å². The molecule has 1 saturated heterocycles. The van der Waals surface area contributed by atoms with Crippen molar-refractivity contribution in [2.45, 2.75) is 50.5 Å². The van der Waals surface area contributed by atoms with Gasteiger partial charge in [0, 0.05) is 31.6 Å². The standard InChI is InChI=1S/C22H26N6O3/c29-15-21-19(25-22(30)20-13-23-9-10-24-20)7-6-18(31-21)8-11-28-14-17(26-27-28)12-16-4-2-1-3-5-16/h1-5,9-10,13-14,18-19,21,29H,6-8,11-12,15H2,(H,25,30)/t18-,19-,21-/m0/s1. The van der Waals surface area contributed by atoms with E-state index >= 15 is 0 Å². The van der Waals surface area contributed by atoms with Gasteiger partial charge >= 0.3 is 0 Å². The van der Waals surface area contributed by atoms with E-state index in [0.29, 0.717) is 6.54 Å². The minimum absolute atomic E-state index is 0.0106. The van der Waals surface area contributed by atoms with Crippen LogP contribution in [0, 0.1) is 0 Å². The minimum Gasteiger partial charge on any atom is -0.394 e. The van der Waals surface area contributed by atoms with Crippen molar-refractivity contribution in [1.82, 2.24) is 30.3 Å². The van der Waals surface area contributed by atoms with E-state index in [9.17, 15) is 9.90 Å². The van der Waals surface area contributed by atoms with Crippen LogP contribution in [0.25, 0.3) is 0 Å². The SMILES string of the molecule is O=C(N[C@H]1CC[C@@H](CCn2cc(Cc3ccccc3)nn2)O[C@H]1CO)c1cnccn1. The van der Waals surface area contributed by atoms with Gasteiger partial charge in [-0.3, -0.25) is 14.5 Å². The van der Waals surface area contributed by atoms with Gasteiger partial charge in [0.05, 0.1) is 30.6 Å². The van der Waals surface area contributed by atoms with Crippen LogP contribution in [0.2, 0.25) is 0 Å². The number of benzene rings is 1. The summed E-state index contributed by atoms with van der Waals surface area (Å²) in [6.07, 6.45) is 8.92. The number of amides is 1. The largest absolute Gasteiger partial charge is 0.394 e. The summed E-state index contributed by atoms with van der Waals surface area (Å²) >= 11 is 0. The van der Waals surface area contributed by atoms with Crippen LogP contribution in [0.1, 0.15) is 41.0 Å². The number of aryl methyl sites for hydroxylation is 1. The first-order valence-electron chi connectivity index (χ1n) is 10.5. The van der Waals surface area contributed by atoms with E-state index in [-0.39, 0.29) is 30.4 Å². The van der Waals surface area contributed by atoms with Gasteiger partial charge in [0.15, 0.2) is 0 Å². The van der Waals surface area contributed by atoms with Gasteiger partial charge in [-0.05, 0) is 24.8 Å². The maximum Gasteiger partial charge on any atom is 0.271 e.